The molecule has 3 rings (SSSR count). The highest BCUT2D eigenvalue weighted by molar-refractivity contribution is 5.60. The highest BCUT2D eigenvalue weighted by Crippen LogP contribution is 2.20. The minimum absolute atomic E-state index is 0.798. The van der Waals surface area contributed by atoms with Crippen LogP contribution in [-0.2, 0) is 0 Å². The molecular formula is C15H18N4. The number of piperazine rings is 1. The van der Waals surface area contributed by atoms with Crippen molar-refractivity contribution in [1.82, 2.24) is 15.3 Å². The van der Waals surface area contributed by atoms with Crippen LogP contribution in [0.1, 0.15) is 5.69 Å². The fraction of sp³-hybridized carbons (Fsp3) is 0.333. The maximum Gasteiger partial charge on any atom is 0.159 e. The number of hydrogen-bond acceptors (Lipinski definition) is 4. The van der Waals surface area contributed by atoms with E-state index >= 15 is 0 Å². The van der Waals surface area contributed by atoms with Gasteiger partial charge in [-0.3, -0.25) is 0 Å². The first-order valence-corrected chi connectivity index (χ1v) is 6.69. The van der Waals surface area contributed by atoms with Gasteiger partial charge in [-0.1, -0.05) is 0 Å². The second-order valence-corrected chi connectivity index (χ2v) is 4.81. The molecule has 0 unspecified atom stereocenters. The number of aromatic nitrogens is 2. The summed E-state index contributed by atoms with van der Waals surface area (Å²) in [5, 5.41) is 3.37. The summed E-state index contributed by atoms with van der Waals surface area (Å²) < 4.78 is 0. The molecule has 19 heavy (non-hydrogen) atoms. The quantitative estimate of drug-likeness (QED) is 0.888. The molecule has 0 radical (unpaired) electrons. The van der Waals surface area contributed by atoms with Crippen molar-refractivity contribution in [2.75, 3.05) is 31.1 Å². The van der Waals surface area contributed by atoms with Gasteiger partial charge in [-0.05, 0) is 37.3 Å². The lowest BCUT2D eigenvalue weighted by atomic mass is 10.1. The predicted molar refractivity (Wildman–Crippen MR) is 77.3 cm³/mol. The monoisotopic (exact) mass is 254 g/mol. The lowest BCUT2D eigenvalue weighted by Crippen LogP contribution is -2.43. The van der Waals surface area contributed by atoms with Gasteiger partial charge >= 0.3 is 0 Å². The van der Waals surface area contributed by atoms with Crippen LogP contribution in [0.2, 0.25) is 0 Å². The molecule has 2 heterocycles. The Hall–Kier alpha value is -1.94. The Morgan fingerprint density at radius 1 is 1.05 bits per heavy atom. The van der Waals surface area contributed by atoms with Gasteiger partial charge in [-0.15, -0.1) is 0 Å². The van der Waals surface area contributed by atoms with Gasteiger partial charge in [0.15, 0.2) is 5.82 Å². The second kappa shape index (κ2) is 5.36. The second-order valence-electron chi connectivity index (χ2n) is 4.81. The fourth-order valence-electron chi connectivity index (χ4n) is 2.33. The number of rotatable bonds is 2. The van der Waals surface area contributed by atoms with Crippen LogP contribution in [0.5, 0.6) is 0 Å². The van der Waals surface area contributed by atoms with Gasteiger partial charge in [0.05, 0.1) is 0 Å². The fourth-order valence-corrected chi connectivity index (χ4v) is 2.33. The summed E-state index contributed by atoms with van der Waals surface area (Å²) in [5.41, 5.74) is 3.34. The van der Waals surface area contributed by atoms with E-state index in [0.717, 1.165) is 43.3 Å². The number of aryl methyl sites for hydroxylation is 1. The summed E-state index contributed by atoms with van der Waals surface area (Å²) in [7, 11) is 0. The van der Waals surface area contributed by atoms with Crippen molar-refractivity contribution in [3.63, 3.8) is 0 Å². The predicted octanol–water partition coefficient (Wildman–Crippen LogP) is 1.86. The van der Waals surface area contributed by atoms with Crippen molar-refractivity contribution in [3.05, 3.63) is 42.2 Å². The summed E-state index contributed by atoms with van der Waals surface area (Å²) in [6.45, 7) is 6.24. The van der Waals surface area contributed by atoms with Gasteiger partial charge in [-0.2, -0.15) is 0 Å². The summed E-state index contributed by atoms with van der Waals surface area (Å²) in [4.78, 5) is 11.2. The molecule has 0 spiro atoms. The van der Waals surface area contributed by atoms with Crippen LogP contribution in [0.4, 0.5) is 5.69 Å². The SMILES string of the molecule is Cc1ccnc(-c2ccc(N3CCNCC3)cc2)n1. The van der Waals surface area contributed by atoms with Crippen LogP contribution < -0.4 is 10.2 Å². The Bertz CT molecular complexity index is 544. The Kier molecular flexibility index (Phi) is 3.42. The highest BCUT2D eigenvalue weighted by Gasteiger charge is 2.10. The van der Waals surface area contributed by atoms with E-state index in [-0.39, 0.29) is 0 Å². The molecule has 1 aliphatic heterocycles. The van der Waals surface area contributed by atoms with Gasteiger partial charge in [-0.25, -0.2) is 9.97 Å². The lowest BCUT2D eigenvalue weighted by Gasteiger charge is -2.29. The van der Waals surface area contributed by atoms with Crippen molar-refractivity contribution in [1.29, 1.82) is 0 Å². The van der Waals surface area contributed by atoms with E-state index in [1.54, 1.807) is 0 Å². The molecule has 1 saturated heterocycles. The topological polar surface area (TPSA) is 41.1 Å². The average molecular weight is 254 g/mol. The largest absolute Gasteiger partial charge is 0.369 e. The smallest absolute Gasteiger partial charge is 0.159 e. The maximum absolute atomic E-state index is 4.45. The Balaban J connectivity index is 1.82. The molecule has 0 bridgehead atoms. The number of nitrogens with one attached hydrogen (secondary N) is 1. The number of benzene rings is 1. The highest BCUT2D eigenvalue weighted by atomic mass is 15.2. The number of nitrogens with zero attached hydrogens (tertiary/aromatic N) is 3. The summed E-state index contributed by atoms with van der Waals surface area (Å²) in [5.74, 6) is 0.798. The van der Waals surface area contributed by atoms with Crippen LogP contribution in [0.3, 0.4) is 0 Å². The van der Waals surface area contributed by atoms with Crippen molar-refractivity contribution in [3.8, 4) is 11.4 Å². The average Bonchev–Trinajstić information content (AvgIpc) is 2.48. The van der Waals surface area contributed by atoms with Crippen LogP contribution in [0.15, 0.2) is 36.5 Å². The van der Waals surface area contributed by atoms with E-state index in [4.69, 9.17) is 0 Å². The minimum atomic E-state index is 0.798. The summed E-state index contributed by atoms with van der Waals surface area (Å²) in [6.07, 6.45) is 1.81. The van der Waals surface area contributed by atoms with E-state index < -0.39 is 0 Å². The molecule has 4 nitrogen and oxygen atoms in total. The van der Waals surface area contributed by atoms with Crippen molar-refractivity contribution in [2.24, 2.45) is 0 Å². The van der Waals surface area contributed by atoms with Crippen molar-refractivity contribution in [2.45, 2.75) is 6.92 Å². The van der Waals surface area contributed by atoms with Gasteiger partial charge in [0.1, 0.15) is 0 Å². The van der Waals surface area contributed by atoms with Gasteiger partial charge in [0.2, 0.25) is 0 Å². The Morgan fingerprint density at radius 2 is 1.79 bits per heavy atom. The minimum Gasteiger partial charge on any atom is -0.369 e. The van der Waals surface area contributed by atoms with E-state index in [0.29, 0.717) is 0 Å². The first kappa shape index (κ1) is 12.1. The van der Waals surface area contributed by atoms with Gasteiger partial charge in [0, 0.05) is 49.3 Å². The number of hydrogen-bond donors (Lipinski definition) is 1. The van der Waals surface area contributed by atoms with Crippen molar-refractivity contribution < 1.29 is 0 Å². The van der Waals surface area contributed by atoms with Crippen molar-refractivity contribution >= 4 is 5.69 Å². The normalized spacial score (nSPS) is 15.5. The van der Waals surface area contributed by atoms with Crippen LogP contribution >= 0.6 is 0 Å². The van der Waals surface area contributed by atoms with E-state index in [1.165, 1.54) is 5.69 Å². The third-order valence-electron chi connectivity index (χ3n) is 3.40. The third-order valence-corrected chi connectivity index (χ3v) is 3.40. The summed E-state index contributed by atoms with van der Waals surface area (Å²) in [6, 6.07) is 10.4. The first-order chi connectivity index (χ1) is 9.33. The zero-order valence-corrected chi connectivity index (χ0v) is 11.1. The molecule has 0 amide bonds. The maximum atomic E-state index is 4.45. The van der Waals surface area contributed by atoms with Crippen LogP contribution in [0.25, 0.3) is 11.4 Å². The van der Waals surface area contributed by atoms with E-state index in [2.05, 4.69) is 44.5 Å². The molecule has 1 N–H and O–H groups in total. The first-order valence-electron chi connectivity index (χ1n) is 6.69. The summed E-state index contributed by atoms with van der Waals surface area (Å²) >= 11 is 0. The third kappa shape index (κ3) is 2.74. The van der Waals surface area contributed by atoms with Crippen LogP contribution in [-0.4, -0.2) is 36.1 Å². The number of anilines is 1. The molecule has 0 saturated carbocycles. The molecule has 0 aliphatic carbocycles. The molecule has 1 aliphatic rings. The zero-order chi connectivity index (χ0) is 13.1. The standard InChI is InChI=1S/C15H18N4/c1-12-6-7-17-15(18-12)13-2-4-14(5-3-13)19-10-8-16-9-11-19/h2-7,16H,8-11H2,1H3. The Morgan fingerprint density at radius 3 is 2.47 bits per heavy atom. The van der Waals surface area contributed by atoms with Gasteiger partial charge < -0.3 is 10.2 Å². The zero-order valence-electron chi connectivity index (χ0n) is 11.1. The lowest BCUT2D eigenvalue weighted by molar-refractivity contribution is 0.589. The van der Waals surface area contributed by atoms with Crippen LogP contribution in [0, 0.1) is 6.92 Å². The molecule has 98 valence electrons. The molecule has 1 aromatic heterocycles. The Labute approximate surface area is 113 Å². The van der Waals surface area contributed by atoms with E-state index in [9.17, 15) is 0 Å². The molecular weight excluding hydrogens is 236 g/mol. The van der Waals surface area contributed by atoms with Gasteiger partial charge in [0.25, 0.3) is 0 Å². The molecule has 1 aromatic carbocycles. The molecule has 2 aromatic rings. The molecule has 1 fully saturated rings. The van der Waals surface area contributed by atoms with E-state index in [1.807, 2.05) is 19.2 Å². The molecule has 0 atom stereocenters. The molecule has 4 heteroatoms.